The summed E-state index contributed by atoms with van der Waals surface area (Å²) in [6, 6.07) is 0.0835. The van der Waals surface area contributed by atoms with Gasteiger partial charge in [0.1, 0.15) is 0 Å². The van der Waals surface area contributed by atoms with E-state index in [1.807, 2.05) is 6.92 Å². The molecule has 0 spiro atoms. The van der Waals surface area contributed by atoms with Gasteiger partial charge >= 0.3 is 5.97 Å². The zero-order valence-corrected chi connectivity index (χ0v) is 9.85. The van der Waals surface area contributed by atoms with Crippen LogP contribution >= 0.6 is 0 Å². The summed E-state index contributed by atoms with van der Waals surface area (Å²) < 4.78 is 0. The molecule has 0 amide bonds. The maximum Gasteiger partial charge on any atom is 0.309 e. The normalized spacial score (nSPS) is 36.2. The van der Waals surface area contributed by atoms with E-state index in [1.165, 1.54) is 0 Å². The molecule has 2 aliphatic heterocycles. The van der Waals surface area contributed by atoms with E-state index >= 15 is 0 Å². The van der Waals surface area contributed by atoms with E-state index in [9.17, 15) is 15.0 Å². The third kappa shape index (κ3) is 1.74. The fourth-order valence-corrected chi connectivity index (χ4v) is 3.43. The smallest absolute Gasteiger partial charge is 0.309 e. The number of fused-ring (bicyclic) bond motifs is 1. The lowest BCUT2D eigenvalue weighted by molar-refractivity contribution is -0.154. The molecule has 2 rings (SSSR count). The van der Waals surface area contributed by atoms with Gasteiger partial charge in [0.05, 0.1) is 11.5 Å². The van der Waals surface area contributed by atoms with Crippen LogP contribution in [0.1, 0.15) is 39.0 Å². The van der Waals surface area contributed by atoms with Crippen LogP contribution in [0, 0.1) is 5.92 Å². The quantitative estimate of drug-likeness (QED) is 0.754. The third-order valence-corrected chi connectivity index (χ3v) is 4.22. The van der Waals surface area contributed by atoms with Gasteiger partial charge in [-0.15, -0.1) is 0 Å². The minimum atomic E-state index is -0.988. The minimum Gasteiger partial charge on any atom is -0.481 e. The van der Waals surface area contributed by atoms with Crippen molar-refractivity contribution in [2.75, 3.05) is 13.1 Å². The Morgan fingerprint density at radius 2 is 2.31 bits per heavy atom. The van der Waals surface area contributed by atoms with Crippen LogP contribution in [0.25, 0.3) is 0 Å². The molecular formula is C12H21NO3. The Morgan fingerprint density at radius 1 is 1.56 bits per heavy atom. The number of aliphatic carboxylic acids is 1. The van der Waals surface area contributed by atoms with Crippen molar-refractivity contribution in [2.24, 2.45) is 5.92 Å². The van der Waals surface area contributed by atoms with Gasteiger partial charge in [-0.2, -0.15) is 0 Å². The second-order valence-electron chi connectivity index (χ2n) is 5.11. The first-order chi connectivity index (χ1) is 7.59. The number of rotatable bonds is 4. The van der Waals surface area contributed by atoms with E-state index in [-0.39, 0.29) is 6.04 Å². The van der Waals surface area contributed by atoms with Crippen LogP contribution in [0.4, 0.5) is 0 Å². The zero-order valence-electron chi connectivity index (χ0n) is 9.85. The number of hydrogen-bond donors (Lipinski definition) is 2. The van der Waals surface area contributed by atoms with Crippen LogP contribution in [-0.4, -0.2) is 45.8 Å². The molecule has 2 fully saturated rings. The predicted octanol–water partition coefficient (Wildman–Crippen LogP) is 1.09. The van der Waals surface area contributed by atoms with E-state index in [1.54, 1.807) is 0 Å². The standard InChI is InChI=1S/C12H21NO3/c1-2-4-9(11(14)15)12(16)6-8-13-7-3-5-10(12)13/h9-10,16H,2-8H2,1H3,(H,14,15). The van der Waals surface area contributed by atoms with Crippen molar-refractivity contribution in [3.8, 4) is 0 Å². The molecule has 92 valence electrons. The summed E-state index contributed by atoms with van der Waals surface area (Å²) in [7, 11) is 0. The summed E-state index contributed by atoms with van der Waals surface area (Å²) in [5.74, 6) is -1.43. The highest BCUT2D eigenvalue weighted by molar-refractivity contribution is 5.72. The topological polar surface area (TPSA) is 60.8 Å². The Bertz CT molecular complexity index is 281. The molecule has 0 bridgehead atoms. The monoisotopic (exact) mass is 227 g/mol. The van der Waals surface area contributed by atoms with Gasteiger partial charge in [0.2, 0.25) is 0 Å². The lowest BCUT2D eigenvalue weighted by Crippen LogP contribution is -2.50. The molecule has 0 saturated carbocycles. The first kappa shape index (κ1) is 11.9. The average Bonchev–Trinajstić information content (AvgIpc) is 2.79. The summed E-state index contributed by atoms with van der Waals surface area (Å²) in [4.78, 5) is 13.5. The second-order valence-corrected chi connectivity index (χ2v) is 5.11. The average molecular weight is 227 g/mol. The van der Waals surface area contributed by atoms with Crippen LogP contribution in [-0.2, 0) is 4.79 Å². The van der Waals surface area contributed by atoms with E-state index < -0.39 is 17.5 Å². The number of carboxylic acid groups (broad SMARTS) is 1. The Balaban J connectivity index is 2.18. The Labute approximate surface area is 96.3 Å². The van der Waals surface area contributed by atoms with Gasteiger partial charge in [0.15, 0.2) is 0 Å². The molecule has 3 unspecified atom stereocenters. The molecular weight excluding hydrogens is 206 g/mol. The summed E-state index contributed by atoms with van der Waals surface area (Å²) in [5.41, 5.74) is -0.988. The molecule has 0 aromatic carbocycles. The molecule has 2 heterocycles. The molecule has 0 aromatic rings. The second kappa shape index (κ2) is 4.34. The van der Waals surface area contributed by atoms with Crippen molar-refractivity contribution in [2.45, 2.75) is 50.7 Å². The zero-order chi connectivity index (χ0) is 11.8. The van der Waals surface area contributed by atoms with Gasteiger partial charge in [-0.05, 0) is 32.2 Å². The molecule has 2 N–H and O–H groups in total. The van der Waals surface area contributed by atoms with E-state index in [0.29, 0.717) is 12.8 Å². The van der Waals surface area contributed by atoms with Gasteiger partial charge in [-0.25, -0.2) is 0 Å². The van der Waals surface area contributed by atoms with Crippen molar-refractivity contribution < 1.29 is 15.0 Å². The molecule has 2 aliphatic rings. The molecule has 0 aliphatic carbocycles. The Kier molecular flexibility index (Phi) is 3.22. The molecule has 2 saturated heterocycles. The van der Waals surface area contributed by atoms with Crippen molar-refractivity contribution in [1.82, 2.24) is 4.90 Å². The maximum absolute atomic E-state index is 11.3. The largest absolute Gasteiger partial charge is 0.481 e. The summed E-state index contributed by atoms with van der Waals surface area (Å²) >= 11 is 0. The van der Waals surface area contributed by atoms with Gasteiger partial charge in [0, 0.05) is 12.6 Å². The molecule has 3 atom stereocenters. The van der Waals surface area contributed by atoms with Crippen LogP contribution in [0.2, 0.25) is 0 Å². The first-order valence-corrected chi connectivity index (χ1v) is 6.29. The van der Waals surface area contributed by atoms with E-state index in [4.69, 9.17) is 0 Å². The molecule has 4 nitrogen and oxygen atoms in total. The van der Waals surface area contributed by atoms with Crippen molar-refractivity contribution in [3.63, 3.8) is 0 Å². The molecule has 0 aromatic heterocycles. The number of aliphatic hydroxyl groups is 1. The molecule has 0 radical (unpaired) electrons. The highest BCUT2D eigenvalue weighted by Crippen LogP contribution is 2.42. The SMILES string of the molecule is CCCC(C(=O)O)C1(O)CCN2CCCC21. The lowest BCUT2D eigenvalue weighted by Gasteiger charge is -2.35. The van der Waals surface area contributed by atoms with Crippen LogP contribution < -0.4 is 0 Å². The third-order valence-electron chi connectivity index (χ3n) is 4.22. The number of carboxylic acids is 1. The summed E-state index contributed by atoms with van der Waals surface area (Å²) in [6.45, 7) is 3.85. The Morgan fingerprint density at radius 3 is 2.94 bits per heavy atom. The van der Waals surface area contributed by atoms with Crippen LogP contribution in [0.15, 0.2) is 0 Å². The highest BCUT2D eigenvalue weighted by Gasteiger charge is 2.54. The number of carbonyl (C=O) groups is 1. The van der Waals surface area contributed by atoms with Crippen LogP contribution in [0.3, 0.4) is 0 Å². The van der Waals surface area contributed by atoms with Gasteiger partial charge in [-0.1, -0.05) is 13.3 Å². The van der Waals surface area contributed by atoms with Gasteiger partial charge in [-0.3, -0.25) is 9.69 Å². The Hall–Kier alpha value is -0.610. The predicted molar refractivity (Wildman–Crippen MR) is 60.2 cm³/mol. The highest BCUT2D eigenvalue weighted by atomic mass is 16.4. The molecule has 4 heteroatoms. The first-order valence-electron chi connectivity index (χ1n) is 6.29. The fraction of sp³-hybridized carbons (Fsp3) is 0.917. The van der Waals surface area contributed by atoms with Crippen molar-refractivity contribution >= 4 is 5.97 Å². The van der Waals surface area contributed by atoms with Crippen molar-refractivity contribution in [3.05, 3.63) is 0 Å². The minimum absolute atomic E-state index is 0.0835. The molecule has 16 heavy (non-hydrogen) atoms. The number of hydrogen-bond acceptors (Lipinski definition) is 3. The van der Waals surface area contributed by atoms with E-state index in [0.717, 1.165) is 32.4 Å². The van der Waals surface area contributed by atoms with Crippen LogP contribution in [0.5, 0.6) is 0 Å². The van der Waals surface area contributed by atoms with Crippen molar-refractivity contribution in [1.29, 1.82) is 0 Å². The summed E-state index contributed by atoms with van der Waals surface area (Å²) in [6.07, 6.45) is 4.05. The van der Waals surface area contributed by atoms with Gasteiger partial charge < -0.3 is 10.2 Å². The lowest BCUT2D eigenvalue weighted by atomic mass is 9.78. The summed E-state index contributed by atoms with van der Waals surface area (Å²) in [5, 5.41) is 20.0. The fourth-order valence-electron chi connectivity index (χ4n) is 3.43. The van der Waals surface area contributed by atoms with E-state index in [2.05, 4.69) is 4.90 Å². The van der Waals surface area contributed by atoms with Gasteiger partial charge in [0.25, 0.3) is 0 Å². The maximum atomic E-state index is 11.3. The number of nitrogens with zero attached hydrogens (tertiary/aromatic N) is 1.